The van der Waals surface area contributed by atoms with Crippen LogP contribution in [0.2, 0.25) is 0 Å². The summed E-state index contributed by atoms with van der Waals surface area (Å²) in [6.45, 7) is 0.962. The summed E-state index contributed by atoms with van der Waals surface area (Å²) in [5, 5.41) is 64.5. The number of nitrogens with one attached hydrogen (secondary N) is 2. The van der Waals surface area contributed by atoms with Gasteiger partial charge in [-0.3, -0.25) is 9.59 Å². The van der Waals surface area contributed by atoms with E-state index in [4.69, 9.17) is 14.2 Å². The van der Waals surface area contributed by atoms with E-state index < -0.39 is 86.3 Å². The summed E-state index contributed by atoms with van der Waals surface area (Å²) in [5.74, 6) is -1.14. The van der Waals surface area contributed by atoms with Crippen LogP contribution in [0.25, 0.3) is 0 Å². The normalized spacial score (nSPS) is 42.9. The van der Waals surface area contributed by atoms with Crippen LogP contribution < -0.4 is 10.6 Å². The monoisotopic (exact) mass is 424 g/mol. The van der Waals surface area contributed by atoms with E-state index in [0.717, 1.165) is 13.8 Å². The predicted molar refractivity (Wildman–Crippen MR) is 91.8 cm³/mol. The molecule has 13 nitrogen and oxygen atoms in total. The molecule has 0 radical (unpaired) electrons. The molecule has 2 saturated heterocycles. The number of ether oxygens (including phenoxy) is 3. The largest absolute Gasteiger partial charge is 0.394 e. The summed E-state index contributed by atoms with van der Waals surface area (Å²) in [6.07, 6.45) is -11.7. The molecular weight excluding hydrogens is 396 g/mol. The first-order valence-electron chi connectivity index (χ1n) is 9.05. The number of rotatable bonds is 6. The van der Waals surface area contributed by atoms with Crippen LogP contribution in [0.1, 0.15) is 13.8 Å². The van der Waals surface area contributed by atoms with Gasteiger partial charge in [-0.25, -0.2) is 0 Å². The van der Waals surface area contributed by atoms with E-state index in [1.165, 1.54) is 0 Å². The molecule has 2 aliphatic heterocycles. The quantitative estimate of drug-likeness (QED) is 0.202. The van der Waals surface area contributed by atoms with Gasteiger partial charge in [-0.1, -0.05) is 0 Å². The summed E-state index contributed by atoms with van der Waals surface area (Å²) in [7, 11) is 0. The highest BCUT2D eigenvalue weighted by Crippen LogP contribution is 2.28. The third kappa shape index (κ3) is 5.39. The van der Waals surface area contributed by atoms with Gasteiger partial charge < -0.3 is 55.5 Å². The zero-order chi connectivity index (χ0) is 21.9. The van der Waals surface area contributed by atoms with Crippen molar-refractivity contribution in [2.24, 2.45) is 0 Å². The van der Waals surface area contributed by atoms with Crippen LogP contribution in [-0.4, -0.2) is 117 Å². The van der Waals surface area contributed by atoms with Crippen LogP contribution in [0.4, 0.5) is 0 Å². The molecule has 2 amide bonds. The van der Waals surface area contributed by atoms with Gasteiger partial charge in [0.25, 0.3) is 0 Å². The summed E-state index contributed by atoms with van der Waals surface area (Å²) in [5.41, 5.74) is 0. The number of carbonyl (C=O) groups is 2. The molecule has 2 aliphatic rings. The molecule has 0 bridgehead atoms. The number of aliphatic hydroxyl groups is 6. The molecule has 168 valence electrons. The Morgan fingerprint density at radius 2 is 1.38 bits per heavy atom. The number of hydrogen-bond donors (Lipinski definition) is 8. The van der Waals surface area contributed by atoms with Crippen molar-refractivity contribution in [2.75, 3.05) is 13.2 Å². The van der Waals surface area contributed by atoms with Crippen LogP contribution in [-0.2, 0) is 23.8 Å². The first-order chi connectivity index (χ1) is 13.6. The minimum Gasteiger partial charge on any atom is -0.394 e. The fraction of sp³-hybridized carbons (Fsp3) is 0.875. The second-order valence-corrected chi connectivity index (χ2v) is 7.00. The van der Waals surface area contributed by atoms with Gasteiger partial charge in [-0.05, 0) is 0 Å². The average Bonchev–Trinajstić information content (AvgIpc) is 2.65. The van der Waals surface area contributed by atoms with Crippen molar-refractivity contribution in [2.45, 2.75) is 75.1 Å². The van der Waals surface area contributed by atoms with Crippen LogP contribution in [0.15, 0.2) is 0 Å². The highest BCUT2D eigenvalue weighted by molar-refractivity contribution is 5.73. The highest BCUT2D eigenvalue weighted by atomic mass is 16.7. The first kappa shape index (κ1) is 23.9. The summed E-state index contributed by atoms with van der Waals surface area (Å²) >= 11 is 0. The van der Waals surface area contributed by atoms with E-state index in [1.54, 1.807) is 0 Å². The Labute approximate surface area is 166 Å². The minimum atomic E-state index is -1.64. The number of carbonyl (C=O) groups excluding carboxylic acids is 2. The SMILES string of the molecule is CC(=O)N[C@@H]1[C@@H](O)[C@H](O[C@@H]2O[C@H](CO)[C@H](O)[C@H](O)[C@H]2NC(C)=O)[C@@H](CO)O[C@H]1O. The molecule has 29 heavy (non-hydrogen) atoms. The van der Waals surface area contributed by atoms with E-state index in [9.17, 15) is 40.2 Å². The molecule has 10 atom stereocenters. The lowest BCUT2D eigenvalue weighted by Crippen LogP contribution is -2.69. The van der Waals surface area contributed by atoms with E-state index in [1.807, 2.05) is 0 Å². The van der Waals surface area contributed by atoms with Crippen LogP contribution in [0.5, 0.6) is 0 Å². The van der Waals surface area contributed by atoms with Crippen molar-refractivity contribution in [3.05, 3.63) is 0 Å². The lowest BCUT2D eigenvalue weighted by molar-refractivity contribution is -0.327. The van der Waals surface area contributed by atoms with Crippen molar-refractivity contribution < 1.29 is 54.4 Å². The molecule has 0 aromatic carbocycles. The minimum absolute atomic E-state index is 0.568. The zero-order valence-electron chi connectivity index (χ0n) is 15.9. The molecule has 13 heteroatoms. The van der Waals surface area contributed by atoms with Crippen molar-refractivity contribution in [3.8, 4) is 0 Å². The molecule has 0 aromatic rings. The van der Waals surface area contributed by atoms with E-state index in [0.29, 0.717) is 0 Å². The predicted octanol–water partition coefficient (Wildman–Crippen LogP) is -5.11. The van der Waals surface area contributed by atoms with Crippen LogP contribution in [0.3, 0.4) is 0 Å². The van der Waals surface area contributed by atoms with Gasteiger partial charge in [0.2, 0.25) is 11.8 Å². The Bertz CT molecular complexity index is 579. The topological polar surface area (TPSA) is 207 Å². The number of amides is 2. The Morgan fingerprint density at radius 3 is 1.90 bits per heavy atom. The van der Waals surface area contributed by atoms with Crippen molar-refractivity contribution in [3.63, 3.8) is 0 Å². The van der Waals surface area contributed by atoms with Gasteiger partial charge in [0.1, 0.15) is 48.7 Å². The Kier molecular flexibility index (Phi) is 8.28. The zero-order valence-corrected chi connectivity index (χ0v) is 15.9. The molecule has 0 saturated carbocycles. The lowest BCUT2D eigenvalue weighted by Gasteiger charge is -2.47. The second kappa shape index (κ2) is 10.1. The fourth-order valence-corrected chi connectivity index (χ4v) is 3.38. The third-order valence-electron chi connectivity index (χ3n) is 4.78. The van der Waals surface area contributed by atoms with Gasteiger partial charge in [0.05, 0.1) is 13.2 Å². The maximum Gasteiger partial charge on any atom is 0.217 e. The molecule has 0 spiro atoms. The standard InChI is InChI=1S/C16H28N2O11/c1-5(21)17-9-13(25)14(8(4-20)27-15(9)26)29-16-10(18-6(2)22)12(24)11(23)7(3-19)28-16/h7-16,19-20,23-26H,3-4H2,1-2H3,(H,17,21)(H,18,22)/t7-,8-,9-,10-,11+,12-,13-,14-,15-,16+/m1/s1. The smallest absolute Gasteiger partial charge is 0.217 e. The molecule has 0 unspecified atom stereocenters. The maximum absolute atomic E-state index is 11.5. The fourth-order valence-electron chi connectivity index (χ4n) is 3.38. The van der Waals surface area contributed by atoms with E-state index in [-0.39, 0.29) is 0 Å². The van der Waals surface area contributed by atoms with Crippen LogP contribution >= 0.6 is 0 Å². The van der Waals surface area contributed by atoms with Gasteiger partial charge in [-0.2, -0.15) is 0 Å². The van der Waals surface area contributed by atoms with Crippen molar-refractivity contribution >= 4 is 11.8 Å². The van der Waals surface area contributed by atoms with Gasteiger partial charge in [-0.15, -0.1) is 0 Å². The number of aliphatic hydroxyl groups excluding tert-OH is 6. The Morgan fingerprint density at radius 1 is 0.828 bits per heavy atom. The molecule has 2 rings (SSSR count). The molecule has 8 N–H and O–H groups in total. The Hall–Kier alpha value is -1.42. The first-order valence-corrected chi connectivity index (χ1v) is 9.05. The average molecular weight is 424 g/mol. The van der Waals surface area contributed by atoms with Crippen LogP contribution in [0, 0.1) is 0 Å². The van der Waals surface area contributed by atoms with Gasteiger partial charge >= 0.3 is 0 Å². The summed E-state index contributed by atoms with van der Waals surface area (Å²) in [6, 6.07) is -2.59. The molecule has 0 aliphatic carbocycles. The summed E-state index contributed by atoms with van der Waals surface area (Å²) < 4.78 is 16.3. The third-order valence-corrected chi connectivity index (χ3v) is 4.78. The molecule has 0 aromatic heterocycles. The molecule has 2 heterocycles. The molecular formula is C16H28N2O11. The molecule has 2 fully saturated rings. The highest BCUT2D eigenvalue weighted by Gasteiger charge is 2.51. The van der Waals surface area contributed by atoms with Crippen molar-refractivity contribution in [1.82, 2.24) is 10.6 Å². The van der Waals surface area contributed by atoms with E-state index in [2.05, 4.69) is 10.6 Å². The van der Waals surface area contributed by atoms with E-state index >= 15 is 0 Å². The Balaban J connectivity index is 2.26. The lowest BCUT2D eigenvalue weighted by atomic mass is 9.94. The van der Waals surface area contributed by atoms with Crippen molar-refractivity contribution in [1.29, 1.82) is 0 Å². The van der Waals surface area contributed by atoms with Gasteiger partial charge in [0, 0.05) is 13.8 Å². The number of hydrogen-bond acceptors (Lipinski definition) is 11. The van der Waals surface area contributed by atoms with Gasteiger partial charge in [0.15, 0.2) is 12.6 Å². The maximum atomic E-state index is 11.5. The summed E-state index contributed by atoms with van der Waals surface area (Å²) in [4.78, 5) is 22.8. The second-order valence-electron chi connectivity index (χ2n) is 7.00.